The van der Waals surface area contributed by atoms with Gasteiger partial charge < -0.3 is 20.3 Å². The zero-order valence-corrected chi connectivity index (χ0v) is 20.9. The van der Waals surface area contributed by atoms with Gasteiger partial charge in [0.05, 0.1) is 12.1 Å². The molecule has 0 unspecified atom stereocenters. The zero-order chi connectivity index (χ0) is 26.5. The van der Waals surface area contributed by atoms with Gasteiger partial charge in [-0.15, -0.1) is 0 Å². The maximum absolute atomic E-state index is 13.2. The van der Waals surface area contributed by atoms with Gasteiger partial charge in [-0.3, -0.25) is 19.0 Å². The number of amides is 3. The first kappa shape index (κ1) is 25.3. The summed E-state index contributed by atoms with van der Waals surface area (Å²) >= 11 is 0. The minimum absolute atomic E-state index is 0.0700. The normalized spacial score (nSPS) is 18.9. The lowest BCUT2D eigenvalue weighted by atomic mass is 9.98. The van der Waals surface area contributed by atoms with Crippen LogP contribution in [0, 0.1) is 5.92 Å². The van der Waals surface area contributed by atoms with Gasteiger partial charge in [-0.25, -0.2) is 4.79 Å². The van der Waals surface area contributed by atoms with Crippen LogP contribution in [0.15, 0.2) is 83.8 Å². The van der Waals surface area contributed by atoms with Crippen LogP contribution < -0.4 is 16.2 Å². The molecule has 2 atom stereocenters. The van der Waals surface area contributed by atoms with Crippen LogP contribution in [0.3, 0.4) is 0 Å². The number of ether oxygens (including phenoxy) is 1. The van der Waals surface area contributed by atoms with E-state index in [9.17, 15) is 19.2 Å². The highest BCUT2D eigenvalue weighted by Crippen LogP contribution is 2.32. The van der Waals surface area contributed by atoms with Crippen molar-refractivity contribution in [1.29, 1.82) is 0 Å². The summed E-state index contributed by atoms with van der Waals surface area (Å²) in [7, 11) is 0. The number of piperidine rings is 1. The van der Waals surface area contributed by atoms with E-state index in [2.05, 4.69) is 10.6 Å². The quantitative estimate of drug-likeness (QED) is 0.504. The molecule has 1 aliphatic heterocycles. The molecule has 2 N–H and O–H groups in total. The summed E-state index contributed by atoms with van der Waals surface area (Å²) in [5, 5.41) is 5.89. The topological polar surface area (TPSA) is 110 Å². The Kier molecular flexibility index (Phi) is 7.53. The summed E-state index contributed by atoms with van der Waals surface area (Å²) < 4.78 is 6.88. The standard InChI is InChI=1S/C29H30N4O5/c34-26-8-4-5-16-33(26)23-13-11-21(12-14-23)27(35)30-25-18-32(28(36)22-9-10-22)17-15-24(25)31-29(37)38-19-20-6-2-1-3-7-20/h1-8,11-14,16,22,24-25H,9-10,15,17-19H2,(H,30,35)(H,31,37)/t24-,25+/m0/s1. The van der Waals surface area contributed by atoms with E-state index < -0.39 is 18.2 Å². The molecule has 0 bridgehead atoms. The minimum Gasteiger partial charge on any atom is -0.445 e. The maximum Gasteiger partial charge on any atom is 0.407 e. The Morgan fingerprint density at radius 3 is 2.29 bits per heavy atom. The van der Waals surface area contributed by atoms with Gasteiger partial charge >= 0.3 is 6.09 Å². The Bertz CT molecular complexity index is 1350. The highest BCUT2D eigenvalue weighted by atomic mass is 16.5. The molecule has 5 rings (SSSR count). The molecule has 1 saturated heterocycles. The summed E-state index contributed by atoms with van der Waals surface area (Å²) in [6.07, 6.45) is 3.39. The van der Waals surface area contributed by atoms with Gasteiger partial charge in [0.2, 0.25) is 5.91 Å². The summed E-state index contributed by atoms with van der Waals surface area (Å²) in [6.45, 7) is 0.952. The SMILES string of the molecule is O=C(N[C@H]1CCN(C(=O)C2CC2)C[C@H]1NC(=O)c1ccc(-n2ccccc2=O)cc1)OCc1ccccc1. The van der Waals surface area contributed by atoms with E-state index in [0.717, 1.165) is 18.4 Å². The van der Waals surface area contributed by atoms with E-state index in [1.54, 1.807) is 47.5 Å². The largest absolute Gasteiger partial charge is 0.445 e. The third-order valence-electron chi connectivity index (χ3n) is 6.91. The maximum atomic E-state index is 13.2. The molecule has 2 fully saturated rings. The van der Waals surface area contributed by atoms with Crippen LogP contribution in [-0.4, -0.2) is 52.5 Å². The molecule has 1 aliphatic carbocycles. The van der Waals surface area contributed by atoms with Gasteiger partial charge in [-0.1, -0.05) is 36.4 Å². The summed E-state index contributed by atoms with van der Waals surface area (Å²) in [5.74, 6) is -0.153. The van der Waals surface area contributed by atoms with Crippen LogP contribution >= 0.6 is 0 Å². The smallest absolute Gasteiger partial charge is 0.407 e. The molecule has 1 aromatic heterocycles. The lowest BCUT2D eigenvalue weighted by Gasteiger charge is -2.39. The van der Waals surface area contributed by atoms with E-state index in [-0.39, 0.29) is 29.9 Å². The third-order valence-corrected chi connectivity index (χ3v) is 6.91. The highest BCUT2D eigenvalue weighted by Gasteiger charge is 2.39. The second-order valence-corrected chi connectivity index (χ2v) is 9.70. The van der Waals surface area contributed by atoms with Crippen LogP contribution in [0.1, 0.15) is 35.2 Å². The predicted molar refractivity (Wildman–Crippen MR) is 141 cm³/mol. The molecule has 2 heterocycles. The van der Waals surface area contributed by atoms with Gasteiger partial charge in [0.25, 0.3) is 11.5 Å². The fourth-order valence-corrected chi connectivity index (χ4v) is 4.64. The van der Waals surface area contributed by atoms with Gasteiger partial charge in [0.1, 0.15) is 6.61 Å². The lowest BCUT2D eigenvalue weighted by molar-refractivity contribution is -0.134. The van der Waals surface area contributed by atoms with Crippen molar-refractivity contribution in [2.24, 2.45) is 5.92 Å². The number of benzene rings is 2. The molecular weight excluding hydrogens is 484 g/mol. The van der Waals surface area contributed by atoms with Crippen LogP contribution in [0.2, 0.25) is 0 Å². The Labute approximate surface area is 220 Å². The van der Waals surface area contributed by atoms with Crippen molar-refractivity contribution in [3.63, 3.8) is 0 Å². The predicted octanol–water partition coefficient (Wildman–Crippen LogP) is 2.87. The zero-order valence-electron chi connectivity index (χ0n) is 20.9. The molecule has 0 spiro atoms. The van der Waals surface area contributed by atoms with Crippen molar-refractivity contribution in [2.45, 2.75) is 38.0 Å². The number of nitrogens with one attached hydrogen (secondary N) is 2. The Balaban J connectivity index is 1.25. The third kappa shape index (κ3) is 6.11. The van der Waals surface area contributed by atoms with Crippen molar-refractivity contribution in [3.8, 4) is 5.69 Å². The molecule has 2 aromatic carbocycles. The number of alkyl carbamates (subject to hydrolysis) is 1. The Morgan fingerprint density at radius 2 is 1.58 bits per heavy atom. The van der Waals surface area contributed by atoms with Crippen LogP contribution in [-0.2, 0) is 16.1 Å². The van der Waals surface area contributed by atoms with Crippen molar-refractivity contribution < 1.29 is 19.1 Å². The molecule has 3 aromatic rings. The van der Waals surface area contributed by atoms with Crippen LogP contribution in [0.4, 0.5) is 4.79 Å². The van der Waals surface area contributed by atoms with E-state index >= 15 is 0 Å². The number of aromatic nitrogens is 1. The van der Waals surface area contributed by atoms with Gasteiger partial charge in [0.15, 0.2) is 0 Å². The van der Waals surface area contributed by atoms with Crippen molar-refractivity contribution in [3.05, 3.63) is 100 Å². The Hall–Kier alpha value is -4.40. The average molecular weight is 515 g/mol. The number of hydrogen-bond donors (Lipinski definition) is 2. The lowest BCUT2D eigenvalue weighted by Crippen LogP contribution is -2.61. The first-order chi connectivity index (χ1) is 18.5. The molecule has 9 heteroatoms. The minimum atomic E-state index is -0.572. The molecule has 9 nitrogen and oxygen atoms in total. The number of carbonyl (C=O) groups is 3. The number of hydrogen-bond acceptors (Lipinski definition) is 5. The number of nitrogens with zero attached hydrogens (tertiary/aromatic N) is 2. The van der Waals surface area contributed by atoms with E-state index in [1.807, 2.05) is 30.3 Å². The number of pyridine rings is 1. The van der Waals surface area contributed by atoms with Crippen molar-refractivity contribution in [2.75, 3.05) is 13.1 Å². The molecule has 196 valence electrons. The molecule has 1 saturated carbocycles. The summed E-state index contributed by atoms with van der Waals surface area (Å²) in [6, 6.07) is 20.1. The van der Waals surface area contributed by atoms with Gasteiger partial charge in [0, 0.05) is 42.5 Å². The number of likely N-dealkylation sites (tertiary alicyclic amines) is 1. The number of rotatable bonds is 7. The molecule has 0 radical (unpaired) electrons. The molecule has 2 aliphatic rings. The highest BCUT2D eigenvalue weighted by molar-refractivity contribution is 5.94. The molecular formula is C29H30N4O5. The second-order valence-electron chi connectivity index (χ2n) is 9.70. The van der Waals surface area contributed by atoms with Crippen LogP contribution in [0.5, 0.6) is 0 Å². The summed E-state index contributed by atoms with van der Waals surface area (Å²) in [5.41, 5.74) is 1.76. The van der Waals surface area contributed by atoms with Gasteiger partial charge in [-0.05, 0) is 55.2 Å². The van der Waals surface area contributed by atoms with Crippen molar-refractivity contribution in [1.82, 2.24) is 20.1 Å². The monoisotopic (exact) mass is 514 g/mol. The van der Waals surface area contributed by atoms with Crippen LogP contribution in [0.25, 0.3) is 5.69 Å². The fourth-order valence-electron chi connectivity index (χ4n) is 4.64. The Morgan fingerprint density at radius 1 is 0.842 bits per heavy atom. The second kappa shape index (κ2) is 11.3. The fraction of sp³-hybridized carbons (Fsp3) is 0.310. The first-order valence-corrected chi connectivity index (χ1v) is 12.8. The van der Waals surface area contributed by atoms with E-state index in [0.29, 0.717) is 30.8 Å². The molecule has 3 amide bonds. The summed E-state index contributed by atoms with van der Waals surface area (Å²) in [4.78, 5) is 52.3. The number of carbonyl (C=O) groups excluding carboxylic acids is 3. The van der Waals surface area contributed by atoms with E-state index in [4.69, 9.17) is 4.74 Å². The first-order valence-electron chi connectivity index (χ1n) is 12.8. The molecule has 38 heavy (non-hydrogen) atoms. The average Bonchev–Trinajstić information content (AvgIpc) is 3.79. The van der Waals surface area contributed by atoms with Crippen molar-refractivity contribution >= 4 is 17.9 Å². The van der Waals surface area contributed by atoms with E-state index in [1.165, 1.54) is 10.6 Å². The van der Waals surface area contributed by atoms with Gasteiger partial charge in [-0.2, -0.15) is 0 Å².